The summed E-state index contributed by atoms with van der Waals surface area (Å²) in [7, 11) is 0. The van der Waals surface area contributed by atoms with E-state index in [0.717, 1.165) is 18.3 Å². The molecule has 23 heavy (non-hydrogen) atoms. The van der Waals surface area contributed by atoms with Crippen LogP contribution in [0.3, 0.4) is 0 Å². The zero-order valence-corrected chi connectivity index (χ0v) is 12.0. The molecule has 4 atom stereocenters. The maximum atomic E-state index is 12.7. The molecule has 0 aromatic carbocycles. The number of fused-ring (bicyclic) bond motifs is 1. The van der Waals surface area contributed by atoms with Gasteiger partial charge >= 0.3 is 12.1 Å². The molecule has 1 amide bonds. The van der Waals surface area contributed by atoms with Crippen LogP contribution >= 0.6 is 0 Å². The monoisotopic (exact) mass is 328 g/mol. The lowest BCUT2D eigenvalue weighted by atomic mass is 9.71. The van der Waals surface area contributed by atoms with E-state index in [-0.39, 0.29) is 23.6 Å². The number of pyridine rings is 1. The largest absolute Gasteiger partial charge is 0.481 e. The Hall–Kier alpha value is -2.12. The predicted molar refractivity (Wildman–Crippen MR) is 72.5 cm³/mol. The van der Waals surface area contributed by atoms with Crippen LogP contribution < -0.4 is 5.32 Å². The summed E-state index contributed by atoms with van der Waals surface area (Å²) in [5, 5.41) is 11.7. The molecule has 1 heterocycles. The van der Waals surface area contributed by atoms with Gasteiger partial charge < -0.3 is 10.4 Å². The van der Waals surface area contributed by atoms with Gasteiger partial charge in [0.1, 0.15) is 5.69 Å². The fraction of sp³-hybridized carbons (Fsp3) is 0.533. The highest BCUT2D eigenvalue weighted by Crippen LogP contribution is 2.49. The van der Waals surface area contributed by atoms with Crippen LogP contribution in [0.4, 0.5) is 13.2 Å². The highest BCUT2D eigenvalue weighted by molar-refractivity contribution is 5.92. The van der Waals surface area contributed by atoms with Crippen molar-refractivity contribution >= 4 is 11.9 Å². The molecule has 124 valence electrons. The molecule has 1 aromatic heterocycles. The standard InChI is InChI=1S/C15H15F3N2O3/c16-15(17,18)9-1-2-19-12(6-9)13(21)20-11-5-7-3-8(14(22)23)4-10(7)11/h1-2,6-8,10-11H,3-5H2,(H,20,21)(H,22,23)/t7-,8?,10-,11+/m1/s1. The number of carboxylic acids is 1. The van der Waals surface area contributed by atoms with Crippen molar-refractivity contribution in [3.8, 4) is 0 Å². The van der Waals surface area contributed by atoms with Gasteiger partial charge in [0, 0.05) is 12.2 Å². The Balaban J connectivity index is 1.64. The summed E-state index contributed by atoms with van der Waals surface area (Å²) in [6, 6.07) is 1.35. The Morgan fingerprint density at radius 2 is 2.00 bits per heavy atom. The number of alkyl halides is 3. The minimum absolute atomic E-state index is 0.0887. The molecule has 1 aromatic rings. The van der Waals surface area contributed by atoms with Gasteiger partial charge in [0.15, 0.2) is 0 Å². The lowest BCUT2D eigenvalue weighted by Crippen LogP contribution is -2.50. The maximum absolute atomic E-state index is 12.7. The van der Waals surface area contributed by atoms with Gasteiger partial charge in [-0.15, -0.1) is 0 Å². The van der Waals surface area contributed by atoms with Gasteiger partial charge in [-0.3, -0.25) is 14.6 Å². The molecule has 0 saturated heterocycles. The van der Waals surface area contributed by atoms with Crippen molar-refractivity contribution in [1.29, 1.82) is 0 Å². The first kappa shape index (κ1) is 15.8. The molecule has 3 rings (SSSR count). The molecule has 2 aliphatic rings. The van der Waals surface area contributed by atoms with Crippen LogP contribution in [-0.2, 0) is 11.0 Å². The summed E-state index contributed by atoms with van der Waals surface area (Å²) in [5.41, 5.74) is -1.20. The Morgan fingerprint density at radius 3 is 2.65 bits per heavy atom. The predicted octanol–water partition coefficient (Wildman–Crippen LogP) is 2.33. The molecule has 2 N–H and O–H groups in total. The molecule has 5 nitrogen and oxygen atoms in total. The number of carboxylic acid groups (broad SMARTS) is 1. The first-order valence-electron chi connectivity index (χ1n) is 7.32. The number of nitrogens with one attached hydrogen (secondary N) is 1. The summed E-state index contributed by atoms with van der Waals surface area (Å²) >= 11 is 0. The van der Waals surface area contributed by atoms with Crippen molar-refractivity contribution < 1.29 is 27.9 Å². The summed E-state index contributed by atoms with van der Waals surface area (Å²) in [6.45, 7) is 0. The summed E-state index contributed by atoms with van der Waals surface area (Å²) in [5.74, 6) is -1.51. The zero-order valence-electron chi connectivity index (χ0n) is 12.0. The van der Waals surface area contributed by atoms with Crippen LogP contribution in [-0.4, -0.2) is 28.0 Å². The van der Waals surface area contributed by atoms with Crippen LogP contribution in [0.15, 0.2) is 18.3 Å². The number of carbonyl (C=O) groups is 2. The Bertz CT molecular complexity index is 647. The van der Waals surface area contributed by atoms with Crippen LogP contribution in [0.2, 0.25) is 0 Å². The van der Waals surface area contributed by atoms with E-state index in [2.05, 4.69) is 10.3 Å². The number of carbonyl (C=O) groups excluding carboxylic acids is 1. The van der Waals surface area contributed by atoms with E-state index < -0.39 is 29.5 Å². The van der Waals surface area contributed by atoms with E-state index in [1.54, 1.807) is 0 Å². The summed E-state index contributed by atoms with van der Waals surface area (Å²) < 4.78 is 38.0. The average molecular weight is 328 g/mol. The van der Waals surface area contributed by atoms with Gasteiger partial charge in [0.25, 0.3) is 5.91 Å². The smallest absolute Gasteiger partial charge is 0.416 e. The number of rotatable bonds is 3. The lowest BCUT2D eigenvalue weighted by Gasteiger charge is -2.40. The van der Waals surface area contributed by atoms with Gasteiger partial charge in [-0.1, -0.05) is 0 Å². The van der Waals surface area contributed by atoms with E-state index in [1.807, 2.05) is 0 Å². The highest BCUT2D eigenvalue weighted by atomic mass is 19.4. The van der Waals surface area contributed by atoms with Gasteiger partial charge in [-0.25, -0.2) is 0 Å². The lowest BCUT2D eigenvalue weighted by molar-refractivity contribution is -0.141. The van der Waals surface area contributed by atoms with E-state index in [4.69, 9.17) is 5.11 Å². The molecule has 0 radical (unpaired) electrons. The van der Waals surface area contributed by atoms with Crippen LogP contribution in [0, 0.1) is 17.8 Å². The minimum atomic E-state index is -4.53. The minimum Gasteiger partial charge on any atom is -0.481 e. The van der Waals surface area contributed by atoms with E-state index in [0.29, 0.717) is 19.3 Å². The second-order valence-corrected chi connectivity index (χ2v) is 6.17. The maximum Gasteiger partial charge on any atom is 0.416 e. The molecular formula is C15H15F3N2O3. The summed E-state index contributed by atoms with van der Waals surface area (Å²) in [4.78, 5) is 26.8. The summed E-state index contributed by atoms with van der Waals surface area (Å²) in [6.07, 6.45) is -1.80. The quantitative estimate of drug-likeness (QED) is 0.892. The van der Waals surface area contributed by atoms with E-state index >= 15 is 0 Å². The van der Waals surface area contributed by atoms with Crippen molar-refractivity contribution in [1.82, 2.24) is 10.3 Å². The molecule has 1 unspecified atom stereocenters. The van der Waals surface area contributed by atoms with E-state index in [1.165, 1.54) is 0 Å². The number of nitrogens with zero attached hydrogens (tertiary/aromatic N) is 1. The van der Waals surface area contributed by atoms with Crippen LogP contribution in [0.5, 0.6) is 0 Å². The molecule has 2 saturated carbocycles. The topological polar surface area (TPSA) is 79.3 Å². The third kappa shape index (κ3) is 3.02. The Kier molecular flexibility index (Phi) is 3.77. The number of hydrogen-bond donors (Lipinski definition) is 2. The third-order valence-corrected chi connectivity index (χ3v) is 4.81. The van der Waals surface area contributed by atoms with Gasteiger partial charge in [0.2, 0.25) is 0 Å². The first-order chi connectivity index (χ1) is 10.8. The molecule has 2 fully saturated rings. The number of aromatic nitrogens is 1. The number of halogens is 3. The van der Waals surface area contributed by atoms with Crippen LogP contribution in [0.25, 0.3) is 0 Å². The number of amides is 1. The Labute approximate surface area is 129 Å². The molecule has 0 spiro atoms. The van der Waals surface area contributed by atoms with Crippen molar-refractivity contribution in [3.63, 3.8) is 0 Å². The molecule has 2 aliphatic carbocycles. The molecule has 0 aliphatic heterocycles. The number of hydrogen-bond acceptors (Lipinski definition) is 3. The highest BCUT2D eigenvalue weighted by Gasteiger charge is 2.50. The van der Waals surface area contributed by atoms with Crippen molar-refractivity contribution in [3.05, 3.63) is 29.6 Å². The van der Waals surface area contributed by atoms with Crippen molar-refractivity contribution in [2.24, 2.45) is 17.8 Å². The molecule has 0 bridgehead atoms. The zero-order chi connectivity index (χ0) is 16.8. The first-order valence-corrected chi connectivity index (χ1v) is 7.32. The third-order valence-electron chi connectivity index (χ3n) is 4.81. The van der Waals surface area contributed by atoms with Crippen molar-refractivity contribution in [2.45, 2.75) is 31.5 Å². The second-order valence-electron chi connectivity index (χ2n) is 6.17. The van der Waals surface area contributed by atoms with Crippen LogP contribution in [0.1, 0.15) is 35.3 Å². The average Bonchev–Trinajstić information content (AvgIpc) is 2.81. The second kappa shape index (κ2) is 5.50. The molecule has 8 heteroatoms. The van der Waals surface area contributed by atoms with Crippen molar-refractivity contribution in [2.75, 3.05) is 0 Å². The normalized spacial score (nSPS) is 29.5. The SMILES string of the molecule is O=C(N[C@H]1C[C@H]2CC(C(=O)O)C[C@H]21)c1cc(C(F)(F)F)ccn1. The number of aliphatic carboxylic acids is 1. The molecular weight excluding hydrogens is 313 g/mol. The van der Waals surface area contributed by atoms with Gasteiger partial charge in [-0.2, -0.15) is 13.2 Å². The van der Waals surface area contributed by atoms with Gasteiger partial charge in [0.05, 0.1) is 11.5 Å². The fourth-order valence-corrected chi connectivity index (χ4v) is 3.57. The van der Waals surface area contributed by atoms with E-state index in [9.17, 15) is 22.8 Å². The fourth-order valence-electron chi connectivity index (χ4n) is 3.57. The Morgan fingerprint density at radius 1 is 1.26 bits per heavy atom. The van der Waals surface area contributed by atoms with Gasteiger partial charge in [-0.05, 0) is 43.2 Å².